The van der Waals surface area contributed by atoms with Crippen LogP contribution in [0, 0.1) is 17.1 Å². The molecule has 1 saturated heterocycles. The zero-order valence-corrected chi connectivity index (χ0v) is 11.7. The summed E-state index contributed by atoms with van der Waals surface area (Å²) in [6, 6.07) is 7.38. The molecule has 0 atom stereocenters. The number of anilines is 1. The Hall–Kier alpha value is -1.60. The summed E-state index contributed by atoms with van der Waals surface area (Å²) < 4.78 is 13.2. The molecule has 1 heterocycles. The van der Waals surface area contributed by atoms with Crippen LogP contribution >= 0.6 is 0 Å². The summed E-state index contributed by atoms with van der Waals surface area (Å²) in [5.74, 6) is -0.338. The van der Waals surface area contributed by atoms with Crippen molar-refractivity contribution in [3.05, 3.63) is 29.6 Å². The topological polar surface area (TPSA) is 30.3 Å². The van der Waals surface area contributed by atoms with Crippen molar-refractivity contribution < 1.29 is 4.39 Å². The third-order valence-corrected chi connectivity index (χ3v) is 4.58. The molecule has 2 fully saturated rings. The van der Waals surface area contributed by atoms with Gasteiger partial charge in [0.05, 0.1) is 11.3 Å². The minimum absolute atomic E-state index is 0.338. The van der Waals surface area contributed by atoms with Crippen LogP contribution in [0.2, 0.25) is 0 Å². The third-order valence-electron chi connectivity index (χ3n) is 4.58. The molecule has 0 bridgehead atoms. The van der Waals surface area contributed by atoms with Gasteiger partial charge in [0.25, 0.3) is 0 Å². The van der Waals surface area contributed by atoms with Gasteiger partial charge in [0.15, 0.2) is 0 Å². The van der Waals surface area contributed by atoms with Crippen LogP contribution < -0.4 is 4.90 Å². The number of nitriles is 1. The molecule has 1 aromatic rings. The first-order valence-corrected chi connectivity index (χ1v) is 7.46. The number of benzene rings is 1. The van der Waals surface area contributed by atoms with Crippen molar-refractivity contribution in [2.75, 3.05) is 31.1 Å². The fraction of sp³-hybridized carbons (Fsp3) is 0.562. The molecule has 0 radical (unpaired) electrons. The SMILES string of the molecule is N#Cc1cc(F)ccc1N1CCN(C2CCCC2)CC1. The number of halogens is 1. The van der Waals surface area contributed by atoms with Gasteiger partial charge in [0.2, 0.25) is 0 Å². The maximum atomic E-state index is 13.2. The maximum absolute atomic E-state index is 13.2. The highest BCUT2D eigenvalue weighted by Crippen LogP contribution is 2.27. The second-order valence-corrected chi connectivity index (χ2v) is 5.73. The van der Waals surface area contributed by atoms with E-state index < -0.39 is 0 Å². The van der Waals surface area contributed by atoms with Crippen LogP contribution in [0.3, 0.4) is 0 Å². The van der Waals surface area contributed by atoms with Crippen LogP contribution in [-0.2, 0) is 0 Å². The predicted molar refractivity (Wildman–Crippen MR) is 77.2 cm³/mol. The minimum Gasteiger partial charge on any atom is -0.368 e. The lowest BCUT2D eigenvalue weighted by Crippen LogP contribution is -2.49. The normalized spacial score (nSPS) is 21.1. The lowest BCUT2D eigenvalue weighted by molar-refractivity contribution is 0.187. The Morgan fingerprint density at radius 2 is 1.80 bits per heavy atom. The first-order chi connectivity index (χ1) is 9.78. The summed E-state index contributed by atoms with van der Waals surface area (Å²) >= 11 is 0. The Bertz CT molecular complexity index is 509. The second kappa shape index (κ2) is 5.80. The van der Waals surface area contributed by atoms with E-state index in [1.807, 2.05) is 0 Å². The number of rotatable bonds is 2. The highest BCUT2D eigenvalue weighted by Gasteiger charge is 2.26. The predicted octanol–water partition coefficient (Wildman–Crippen LogP) is 2.76. The monoisotopic (exact) mass is 273 g/mol. The maximum Gasteiger partial charge on any atom is 0.124 e. The first kappa shape index (κ1) is 13.4. The van der Waals surface area contributed by atoms with Gasteiger partial charge < -0.3 is 4.90 Å². The van der Waals surface area contributed by atoms with Gasteiger partial charge in [-0.15, -0.1) is 0 Å². The van der Waals surface area contributed by atoms with Crippen LogP contribution in [-0.4, -0.2) is 37.1 Å². The van der Waals surface area contributed by atoms with Gasteiger partial charge in [-0.25, -0.2) is 4.39 Å². The van der Waals surface area contributed by atoms with Crippen molar-refractivity contribution in [1.29, 1.82) is 5.26 Å². The molecule has 1 aliphatic heterocycles. The molecule has 0 spiro atoms. The zero-order valence-electron chi connectivity index (χ0n) is 11.7. The Kier molecular flexibility index (Phi) is 3.88. The van der Waals surface area contributed by atoms with Crippen LogP contribution in [0.5, 0.6) is 0 Å². The van der Waals surface area contributed by atoms with Crippen molar-refractivity contribution in [3.63, 3.8) is 0 Å². The number of nitrogens with zero attached hydrogens (tertiary/aromatic N) is 3. The fourth-order valence-electron chi connectivity index (χ4n) is 3.47. The Labute approximate surface area is 119 Å². The number of hydrogen-bond donors (Lipinski definition) is 0. The molecule has 4 heteroatoms. The number of hydrogen-bond acceptors (Lipinski definition) is 3. The molecular weight excluding hydrogens is 253 g/mol. The van der Waals surface area contributed by atoms with E-state index in [1.165, 1.54) is 37.8 Å². The van der Waals surface area contributed by atoms with Crippen molar-refractivity contribution in [2.45, 2.75) is 31.7 Å². The van der Waals surface area contributed by atoms with Crippen molar-refractivity contribution in [2.24, 2.45) is 0 Å². The van der Waals surface area contributed by atoms with Crippen LogP contribution in [0.1, 0.15) is 31.2 Å². The summed E-state index contributed by atoms with van der Waals surface area (Å²) in [5, 5.41) is 9.14. The molecule has 0 unspecified atom stereocenters. The van der Waals surface area contributed by atoms with Gasteiger partial charge in [-0.1, -0.05) is 12.8 Å². The molecule has 3 rings (SSSR count). The lowest BCUT2D eigenvalue weighted by Gasteiger charge is -2.39. The van der Waals surface area contributed by atoms with E-state index in [4.69, 9.17) is 5.26 Å². The summed E-state index contributed by atoms with van der Waals surface area (Å²) in [5.41, 5.74) is 1.32. The zero-order chi connectivity index (χ0) is 13.9. The molecule has 0 amide bonds. The molecule has 1 aliphatic carbocycles. The molecule has 1 saturated carbocycles. The molecule has 0 N–H and O–H groups in total. The molecule has 1 aromatic carbocycles. The van der Waals surface area contributed by atoms with E-state index in [0.717, 1.165) is 37.9 Å². The third kappa shape index (κ3) is 2.64. The van der Waals surface area contributed by atoms with Crippen LogP contribution in [0.15, 0.2) is 18.2 Å². The summed E-state index contributed by atoms with van der Waals surface area (Å²) in [6.45, 7) is 3.95. The average Bonchev–Trinajstić information content (AvgIpc) is 3.01. The van der Waals surface area contributed by atoms with Gasteiger partial charge in [0.1, 0.15) is 11.9 Å². The Morgan fingerprint density at radius 3 is 2.45 bits per heavy atom. The van der Waals surface area contributed by atoms with Gasteiger partial charge in [-0.3, -0.25) is 4.90 Å². The smallest absolute Gasteiger partial charge is 0.124 e. The molecule has 3 nitrogen and oxygen atoms in total. The standard InChI is InChI=1S/C16H20FN3/c17-14-5-6-16(13(11-14)12-18)20-9-7-19(8-10-20)15-3-1-2-4-15/h5-6,11,15H,1-4,7-10H2. The van der Waals surface area contributed by atoms with E-state index in [2.05, 4.69) is 15.9 Å². The van der Waals surface area contributed by atoms with E-state index in [0.29, 0.717) is 5.56 Å². The first-order valence-electron chi connectivity index (χ1n) is 7.46. The quantitative estimate of drug-likeness (QED) is 0.830. The molecule has 20 heavy (non-hydrogen) atoms. The van der Waals surface area contributed by atoms with Crippen molar-refractivity contribution >= 4 is 5.69 Å². The highest BCUT2D eigenvalue weighted by atomic mass is 19.1. The largest absolute Gasteiger partial charge is 0.368 e. The minimum atomic E-state index is -0.338. The van der Waals surface area contributed by atoms with E-state index in [-0.39, 0.29) is 5.82 Å². The summed E-state index contributed by atoms with van der Waals surface area (Å²) in [4.78, 5) is 4.79. The Morgan fingerprint density at radius 1 is 1.10 bits per heavy atom. The van der Waals surface area contributed by atoms with Gasteiger partial charge in [-0.05, 0) is 31.0 Å². The number of piperazine rings is 1. The van der Waals surface area contributed by atoms with Gasteiger partial charge in [-0.2, -0.15) is 5.26 Å². The second-order valence-electron chi connectivity index (χ2n) is 5.73. The van der Waals surface area contributed by atoms with Gasteiger partial charge >= 0.3 is 0 Å². The fourth-order valence-corrected chi connectivity index (χ4v) is 3.47. The van der Waals surface area contributed by atoms with Crippen LogP contribution in [0.4, 0.5) is 10.1 Å². The molecular formula is C16H20FN3. The highest BCUT2D eigenvalue weighted by molar-refractivity contribution is 5.59. The molecule has 2 aliphatic rings. The van der Waals surface area contributed by atoms with Crippen molar-refractivity contribution in [3.8, 4) is 6.07 Å². The summed E-state index contributed by atoms with van der Waals surface area (Å²) in [6.07, 6.45) is 5.39. The lowest BCUT2D eigenvalue weighted by atomic mass is 10.1. The molecule has 0 aromatic heterocycles. The Balaban J connectivity index is 1.67. The van der Waals surface area contributed by atoms with E-state index in [1.54, 1.807) is 6.07 Å². The summed E-state index contributed by atoms with van der Waals surface area (Å²) in [7, 11) is 0. The van der Waals surface area contributed by atoms with Crippen LogP contribution in [0.25, 0.3) is 0 Å². The van der Waals surface area contributed by atoms with E-state index >= 15 is 0 Å². The van der Waals surface area contributed by atoms with Crippen molar-refractivity contribution in [1.82, 2.24) is 4.90 Å². The average molecular weight is 273 g/mol. The molecule has 106 valence electrons. The van der Waals surface area contributed by atoms with Gasteiger partial charge in [0, 0.05) is 32.2 Å². The van der Waals surface area contributed by atoms with E-state index in [9.17, 15) is 4.39 Å².